The van der Waals surface area contributed by atoms with E-state index < -0.39 is 0 Å². The lowest BCUT2D eigenvalue weighted by Crippen LogP contribution is -2.21. The molecule has 5 nitrogen and oxygen atoms in total. The fourth-order valence-electron chi connectivity index (χ4n) is 2.22. The van der Waals surface area contributed by atoms with Crippen LogP contribution in [0.2, 0.25) is 5.02 Å². The molecule has 2 aromatic heterocycles. The van der Waals surface area contributed by atoms with Crippen molar-refractivity contribution in [3.05, 3.63) is 38.3 Å². The third kappa shape index (κ3) is 2.00. The fraction of sp³-hybridized carbons (Fsp3) is 0.308. The van der Waals surface area contributed by atoms with Gasteiger partial charge in [-0.15, -0.1) is 0 Å². The van der Waals surface area contributed by atoms with Gasteiger partial charge in [-0.1, -0.05) is 11.6 Å². The Morgan fingerprint density at radius 1 is 1.26 bits per heavy atom. The lowest BCUT2D eigenvalue weighted by Gasteiger charge is -2.11. The topological polar surface area (TPSA) is 56.9 Å². The van der Waals surface area contributed by atoms with Gasteiger partial charge in [0.05, 0.1) is 10.7 Å². The van der Waals surface area contributed by atoms with Crippen LogP contribution in [0, 0.1) is 13.8 Å². The van der Waals surface area contributed by atoms with E-state index in [2.05, 4.69) is 5.10 Å². The third-order valence-corrected chi connectivity index (χ3v) is 3.52. The maximum atomic E-state index is 12.0. The molecule has 100 valence electrons. The van der Waals surface area contributed by atoms with Crippen molar-refractivity contribution in [3.63, 3.8) is 0 Å². The molecule has 0 atom stereocenters. The molecular weight excluding hydrogens is 266 g/mol. The highest BCUT2D eigenvalue weighted by molar-refractivity contribution is 6.35. The first-order valence-corrected chi connectivity index (χ1v) is 6.11. The Balaban J connectivity index is 2.84. The van der Waals surface area contributed by atoms with Crippen LogP contribution in [0.5, 0.6) is 0 Å². The Bertz CT molecular complexity index is 728. The molecule has 0 unspecified atom stereocenters. The second-order valence-corrected chi connectivity index (χ2v) is 4.89. The summed E-state index contributed by atoms with van der Waals surface area (Å²) in [5.41, 5.74) is 2.81. The van der Waals surface area contributed by atoms with Crippen LogP contribution in [0.4, 0.5) is 0 Å². The van der Waals surface area contributed by atoms with Crippen LogP contribution in [0.1, 0.15) is 21.6 Å². The molecule has 0 aromatic carbocycles. The van der Waals surface area contributed by atoms with Gasteiger partial charge in [-0.05, 0) is 25.5 Å². The number of nitrogens with zero attached hydrogens (tertiary/aromatic N) is 3. The molecule has 2 aromatic rings. The maximum Gasteiger partial charge on any atom is 0.253 e. The molecule has 2 rings (SSSR count). The average Bonchev–Trinajstić information content (AvgIpc) is 2.62. The molecule has 0 aliphatic heterocycles. The Kier molecular flexibility index (Phi) is 3.32. The summed E-state index contributed by atoms with van der Waals surface area (Å²) in [6.45, 7) is 3.64. The number of pyridine rings is 1. The zero-order valence-corrected chi connectivity index (χ0v) is 11.9. The minimum atomic E-state index is -0.102. The number of hydrogen-bond acceptors (Lipinski definition) is 3. The maximum absolute atomic E-state index is 12.0. The van der Waals surface area contributed by atoms with Crippen molar-refractivity contribution in [2.75, 3.05) is 0 Å². The summed E-state index contributed by atoms with van der Waals surface area (Å²) >= 11 is 6.17. The summed E-state index contributed by atoms with van der Waals surface area (Å²) in [5.74, 6) is 0. The van der Waals surface area contributed by atoms with Crippen LogP contribution < -0.4 is 5.56 Å². The number of halogens is 1. The first-order valence-electron chi connectivity index (χ1n) is 5.73. The van der Waals surface area contributed by atoms with Gasteiger partial charge in [-0.25, -0.2) is 0 Å². The molecule has 0 radical (unpaired) electrons. The Labute approximate surface area is 115 Å². The number of hydrogen-bond donors (Lipinski definition) is 0. The standard InChI is InChI=1S/C13H14ClN3O2/c1-7-5-8(2)13(19)16(3)12(7)11-10(14)9(6-18)17(4)15-11/h5-6H,1-4H3. The third-order valence-electron chi connectivity index (χ3n) is 3.15. The monoisotopic (exact) mass is 279 g/mol. The van der Waals surface area contributed by atoms with E-state index in [0.717, 1.165) is 5.56 Å². The largest absolute Gasteiger partial charge is 0.309 e. The van der Waals surface area contributed by atoms with E-state index >= 15 is 0 Å². The van der Waals surface area contributed by atoms with E-state index in [1.54, 1.807) is 27.1 Å². The number of carbonyl (C=O) groups excluding carboxylic acids is 1. The number of rotatable bonds is 2. The van der Waals surface area contributed by atoms with Crippen molar-refractivity contribution in [1.82, 2.24) is 14.3 Å². The molecule has 0 fully saturated rings. The smallest absolute Gasteiger partial charge is 0.253 e. The summed E-state index contributed by atoms with van der Waals surface area (Å²) < 4.78 is 2.92. The molecule has 0 saturated heterocycles. The number of carbonyl (C=O) groups is 1. The van der Waals surface area contributed by atoms with Crippen LogP contribution in [-0.2, 0) is 14.1 Å². The van der Waals surface area contributed by atoms with Gasteiger partial charge >= 0.3 is 0 Å². The Hall–Kier alpha value is -1.88. The van der Waals surface area contributed by atoms with Gasteiger partial charge in [0.2, 0.25) is 0 Å². The SMILES string of the molecule is Cc1cc(C)c(=O)n(C)c1-c1nn(C)c(C=O)c1Cl. The van der Waals surface area contributed by atoms with E-state index in [9.17, 15) is 9.59 Å². The minimum Gasteiger partial charge on any atom is -0.309 e. The summed E-state index contributed by atoms with van der Waals surface area (Å²) in [6.07, 6.45) is 0.653. The first-order chi connectivity index (χ1) is 8.88. The Morgan fingerprint density at radius 2 is 1.89 bits per heavy atom. The van der Waals surface area contributed by atoms with Crippen molar-refractivity contribution in [2.45, 2.75) is 13.8 Å². The summed E-state index contributed by atoms with van der Waals surface area (Å²) in [7, 11) is 3.31. The van der Waals surface area contributed by atoms with Gasteiger partial charge in [-0.3, -0.25) is 14.3 Å². The van der Waals surface area contributed by atoms with Crippen molar-refractivity contribution in [2.24, 2.45) is 14.1 Å². The molecule has 0 N–H and O–H groups in total. The van der Waals surface area contributed by atoms with E-state index in [1.165, 1.54) is 9.25 Å². The predicted octanol–water partition coefficient (Wildman–Crippen LogP) is 1.87. The zero-order valence-electron chi connectivity index (χ0n) is 11.2. The highest BCUT2D eigenvalue weighted by Crippen LogP contribution is 2.30. The molecule has 0 spiro atoms. The summed E-state index contributed by atoms with van der Waals surface area (Å²) in [5, 5.41) is 4.50. The second kappa shape index (κ2) is 4.66. The molecule has 6 heteroatoms. The van der Waals surface area contributed by atoms with Crippen LogP contribution >= 0.6 is 11.6 Å². The molecular formula is C13H14ClN3O2. The van der Waals surface area contributed by atoms with Gasteiger partial charge in [0.1, 0.15) is 11.4 Å². The molecule has 0 aliphatic carbocycles. The van der Waals surface area contributed by atoms with Gasteiger partial charge in [0.25, 0.3) is 5.56 Å². The molecule has 0 amide bonds. The van der Waals surface area contributed by atoms with E-state index in [-0.39, 0.29) is 10.6 Å². The van der Waals surface area contributed by atoms with Crippen LogP contribution in [0.25, 0.3) is 11.4 Å². The highest BCUT2D eigenvalue weighted by atomic mass is 35.5. The van der Waals surface area contributed by atoms with Crippen LogP contribution in [0.3, 0.4) is 0 Å². The summed E-state index contributed by atoms with van der Waals surface area (Å²) in [4.78, 5) is 23.0. The van der Waals surface area contributed by atoms with Gasteiger partial charge in [-0.2, -0.15) is 5.10 Å². The molecule has 0 aliphatic rings. The fourth-order valence-corrected chi connectivity index (χ4v) is 2.52. The van der Waals surface area contributed by atoms with Crippen LogP contribution in [-0.4, -0.2) is 20.6 Å². The Morgan fingerprint density at radius 3 is 2.42 bits per heavy atom. The molecule has 19 heavy (non-hydrogen) atoms. The summed E-state index contributed by atoms with van der Waals surface area (Å²) in [6, 6.07) is 1.79. The van der Waals surface area contributed by atoms with Crippen molar-refractivity contribution in [1.29, 1.82) is 0 Å². The highest BCUT2D eigenvalue weighted by Gasteiger charge is 2.20. The minimum absolute atomic E-state index is 0.102. The second-order valence-electron chi connectivity index (χ2n) is 4.51. The lowest BCUT2D eigenvalue weighted by atomic mass is 10.1. The van der Waals surface area contributed by atoms with E-state index in [1.807, 2.05) is 6.92 Å². The number of aromatic nitrogens is 3. The molecule has 0 bridgehead atoms. The van der Waals surface area contributed by atoms with Crippen molar-refractivity contribution < 1.29 is 4.79 Å². The van der Waals surface area contributed by atoms with E-state index in [4.69, 9.17) is 11.6 Å². The van der Waals surface area contributed by atoms with Crippen molar-refractivity contribution >= 4 is 17.9 Å². The lowest BCUT2D eigenvalue weighted by molar-refractivity contribution is 0.111. The van der Waals surface area contributed by atoms with E-state index in [0.29, 0.717) is 28.9 Å². The molecule has 2 heterocycles. The molecule has 0 saturated carbocycles. The predicted molar refractivity (Wildman–Crippen MR) is 73.8 cm³/mol. The quantitative estimate of drug-likeness (QED) is 0.789. The van der Waals surface area contributed by atoms with Gasteiger partial charge in [0, 0.05) is 19.7 Å². The average molecular weight is 280 g/mol. The first kappa shape index (κ1) is 13.5. The van der Waals surface area contributed by atoms with Gasteiger partial charge < -0.3 is 4.57 Å². The normalized spacial score (nSPS) is 10.8. The number of aryl methyl sites for hydroxylation is 3. The zero-order chi connectivity index (χ0) is 14.3. The van der Waals surface area contributed by atoms with Crippen molar-refractivity contribution in [3.8, 4) is 11.4 Å². The van der Waals surface area contributed by atoms with Gasteiger partial charge in [0.15, 0.2) is 6.29 Å². The number of aldehydes is 1. The van der Waals surface area contributed by atoms with Crippen LogP contribution in [0.15, 0.2) is 10.9 Å².